The molecule has 2 atom stereocenters. The Labute approximate surface area is 181 Å². The molecule has 2 unspecified atom stereocenters. The number of carbonyl (C=O) groups excluding carboxylic acids is 2. The number of hydrogen-bond donors (Lipinski definition) is 0. The van der Waals surface area contributed by atoms with E-state index in [-0.39, 0.29) is 6.61 Å². The molecule has 0 bridgehead atoms. The quantitative estimate of drug-likeness (QED) is 0.663. The Morgan fingerprint density at radius 2 is 1.84 bits per heavy atom. The Kier molecular flexibility index (Phi) is 6.04. The van der Waals surface area contributed by atoms with Gasteiger partial charge in [0.25, 0.3) is 0 Å². The minimum absolute atomic E-state index is 0.250. The van der Waals surface area contributed by atoms with E-state index in [4.69, 9.17) is 13.9 Å². The number of allylic oxidation sites excluding steroid dienone is 1. The molecule has 0 N–H and O–H groups in total. The maximum absolute atomic E-state index is 13.1. The van der Waals surface area contributed by atoms with Crippen LogP contribution >= 0.6 is 0 Å². The molecule has 31 heavy (non-hydrogen) atoms. The summed E-state index contributed by atoms with van der Waals surface area (Å²) in [5, 5.41) is 0. The van der Waals surface area contributed by atoms with Crippen molar-refractivity contribution in [1.29, 1.82) is 0 Å². The van der Waals surface area contributed by atoms with Crippen molar-refractivity contribution < 1.29 is 23.5 Å². The zero-order valence-corrected chi connectivity index (χ0v) is 18.0. The van der Waals surface area contributed by atoms with Gasteiger partial charge in [-0.3, -0.25) is 14.7 Å². The molecule has 0 aliphatic carbocycles. The summed E-state index contributed by atoms with van der Waals surface area (Å²) in [4.78, 5) is 32.3. The molecule has 162 valence electrons. The van der Waals surface area contributed by atoms with Crippen molar-refractivity contribution in [3.8, 4) is 0 Å². The van der Waals surface area contributed by atoms with Gasteiger partial charge in [-0.25, -0.2) is 4.79 Å². The van der Waals surface area contributed by atoms with E-state index in [1.54, 1.807) is 26.0 Å². The number of fused-ring (bicyclic) bond motifs is 1. The summed E-state index contributed by atoms with van der Waals surface area (Å²) in [5.41, 5.74) is 4.06. The van der Waals surface area contributed by atoms with Crippen LogP contribution in [0.1, 0.15) is 36.7 Å². The van der Waals surface area contributed by atoms with Crippen LogP contribution in [0.2, 0.25) is 0 Å². The van der Waals surface area contributed by atoms with E-state index in [1.807, 2.05) is 12.1 Å². The van der Waals surface area contributed by atoms with Gasteiger partial charge in [0, 0.05) is 31.0 Å². The van der Waals surface area contributed by atoms with Crippen LogP contribution in [0.25, 0.3) is 0 Å². The van der Waals surface area contributed by atoms with Crippen LogP contribution < -0.4 is 0 Å². The molecule has 1 aromatic carbocycles. The summed E-state index contributed by atoms with van der Waals surface area (Å²) in [6, 6.07) is 11.8. The number of rotatable bonds is 6. The van der Waals surface area contributed by atoms with Crippen molar-refractivity contribution in [2.75, 3.05) is 20.3 Å². The van der Waals surface area contributed by atoms with Gasteiger partial charge in [-0.15, -0.1) is 0 Å². The van der Waals surface area contributed by atoms with Gasteiger partial charge in [-0.1, -0.05) is 24.3 Å². The summed E-state index contributed by atoms with van der Waals surface area (Å²) >= 11 is 0. The number of esters is 2. The van der Waals surface area contributed by atoms with Crippen LogP contribution in [0.5, 0.6) is 0 Å². The van der Waals surface area contributed by atoms with Gasteiger partial charge in [0.2, 0.25) is 0 Å². The van der Waals surface area contributed by atoms with Gasteiger partial charge >= 0.3 is 11.9 Å². The second-order valence-corrected chi connectivity index (χ2v) is 7.86. The lowest BCUT2D eigenvalue weighted by atomic mass is 9.78. The van der Waals surface area contributed by atoms with Crippen LogP contribution in [0.3, 0.4) is 0 Å². The van der Waals surface area contributed by atoms with E-state index < -0.39 is 23.8 Å². The molecule has 4 rings (SSSR count). The fourth-order valence-corrected chi connectivity index (χ4v) is 4.42. The number of nitrogens with zero attached hydrogens (tertiary/aromatic N) is 2. The molecule has 2 aromatic rings. The van der Waals surface area contributed by atoms with Gasteiger partial charge < -0.3 is 13.9 Å². The molecular formula is C24H26N2O5. The average Bonchev–Trinajstić information content (AvgIpc) is 3.42. The Morgan fingerprint density at radius 1 is 1.13 bits per heavy atom. The lowest BCUT2D eigenvalue weighted by Gasteiger charge is -2.29. The van der Waals surface area contributed by atoms with Crippen LogP contribution in [0, 0.1) is 5.92 Å². The molecule has 0 saturated carbocycles. The molecule has 0 fully saturated rings. The first-order chi connectivity index (χ1) is 15.0. The maximum Gasteiger partial charge on any atom is 0.336 e. The highest BCUT2D eigenvalue weighted by Crippen LogP contribution is 2.40. The topological polar surface area (TPSA) is 81.3 Å². The van der Waals surface area contributed by atoms with Crippen molar-refractivity contribution >= 4 is 17.7 Å². The van der Waals surface area contributed by atoms with Crippen molar-refractivity contribution in [2.24, 2.45) is 10.9 Å². The molecule has 2 aliphatic rings. The second-order valence-electron chi connectivity index (χ2n) is 7.86. The summed E-state index contributed by atoms with van der Waals surface area (Å²) in [5.74, 6) is -1.82. The van der Waals surface area contributed by atoms with Crippen LogP contribution in [-0.4, -0.2) is 42.8 Å². The van der Waals surface area contributed by atoms with Crippen molar-refractivity contribution in [3.05, 3.63) is 70.8 Å². The zero-order valence-electron chi connectivity index (χ0n) is 18.0. The lowest BCUT2D eigenvalue weighted by Crippen LogP contribution is -2.36. The maximum atomic E-state index is 13.1. The molecule has 7 nitrogen and oxygen atoms in total. The van der Waals surface area contributed by atoms with Gasteiger partial charge in [0.15, 0.2) is 0 Å². The van der Waals surface area contributed by atoms with Gasteiger partial charge in [0.1, 0.15) is 18.3 Å². The number of benzene rings is 1. The Hall–Kier alpha value is -3.19. The van der Waals surface area contributed by atoms with Crippen molar-refractivity contribution in [3.63, 3.8) is 0 Å². The summed E-state index contributed by atoms with van der Waals surface area (Å²) < 4.78 is 16.2. The molecular weight excluding hydrogens is 396 g/mol. The summed E-state index contributed by atoms with van der Waals surface area (Å²) in [7, 11) is 1.33. The normalized spacial score (nSPS) is 20.9. The SMILES string of the molecule is COC(=O)C1C(C)=NC(C)=C(C(=O)OCCN2Cc3ccccc3C2)C1c1ccco1. The highest BCUT2D eigenvalue weighted by atomic mass is 16.5. The zero-order chi connectivity index (χ0) is 22.0. The molecule has 0 radical (unpaired) electrons. The van der Waals surface area contributed by atoms with E-state index in [2.05, 4.69) is 22.0 Å². The van der Waals surface area contributed by atoms with Crippen LogP contribution in [0.4, 0.5) is 0 Å². The molecule has 0 spiro atoms. The van der Waals surface area contributed by atoms with Crippen LogP contribution in [-0.2, 0) is 32.2 Å². The molecule has 1 aromatic heterocycles. The predicted octanol–water partition coefficient (Wildman–Crippen LogP) is 3.46. The van der Waals surface area contributed by atoms with E-state index in [1.165, 1.54) is 24.5 Å². The Morgan fingerprint density at radius 3 is 2.45 bits per heavy atom. The largest absolute Gasteiger partial charge is 0.469 e. The van der Waals surface area contributed by atoms with E-state index >= 15 is 0 Å². The van der Waals surface area contributed by atoms with Gasteiger partial charge in [0.05, 0.1) is 24.9 Å². The monoisotopic (exact) mass is 422 g/mol. The smallest absolute Gasteiger partial charge is 0.336 e. The number of methoxy groups -OCH3 is 1. The Balaban J connectivity index is 1.48. The van der Waals surface area contributed by atoms with Crippen molar-refractivity contribution in [2.45, 2.75) is 32.9 Å². The first kappa shape index (κ1) is 21.1. The first-order valence-corrected chi connectivity index (χ1v) is 10.3. The number of aliphatic imine (C=N–C) groups is 1. The summed E-state index contributed by atoms with van der Waals surface area (Å²) in [6.07, 6.45) is 1.52. The van der Waals surface area contributed by atoms with Gasteiger partial charge in [-0.05, 0) is 37.1 Å². The van der Waals surface area contributed by atoms with Crippen molar-refractivity contribution in [1.82, 2.24) is 4.90 Å². The first-order valence-electron chi connectivity index (χ1n) is 10.3. The molecule has 2 aliphatic heterocycles. The molecule has 0 saturated heterocycles. The molecule has 0 amide bonds. The number of hydrogen-bond acceptors (Lipinski definition) is 7. The van der Waals surface area contributed by atoms with Crippen LogP contribution in [0.15, 0.2) is 63.3 Å². The highest BCUT2D eigenvalue weighted by Gasteiger charge is 2.43. The van der Waals surface area contributed by atoms with E-state index in [0.29, 0.717) is 29.3 Å². The van der Waals surface area contributed by atoms with Gasteiger partial charge in [-0.2, -0.15) is 0 Å². The molecule has 7 heteroatoms. The Bertz CT molecular complexity index is 1010. The number of carbonyl (C=O) groups is 2. The standard InChI is InChI=1S/C24H26N2O5/c1-15-20(23(27)29-3)22(19-9-6-11-30-19)21(16(2)25-15)24(28)31-12-10-26-13-17-7-4-5-8-18(17)14-26/h4-9,11,20,22H,10,12-14H2,1-3H3. The summed E-state index contributed by atoms with van der Waals surface area (Å²) in [6.45, 7) is 6.08. The third-order valence-electron chi connectivity index (χ3n) is 5.90. The lowest BCUT2D eigenvalue weighted by molar-refractivity contribution is -0.144. The third-order valence-corrected chi connectivity index (χ3v) is 5.90. The number of ether oxygens (including phenoxy) is 2. The predicted molar refractivity (Wildman–Crippen MR) is 114 cm³/mol. The third kappa shape index (κ3) is 4.18. The minimum Gasteiger partial charge on any atom is -0.469 e. The van der Waals surface area contributed by atoms with E-state index in [9.17, 15) is 9.59 Å². The highest BCUT2D eigenvalue weighted by molar-refractivity contribution is 6.06. The fraction of sp³-hybridized carbons (Fsp3) is 0.375. The fourth-order valence-electron chi connectivity index (χ4n) is 4.42. The van der Waals surface area contributed by atoms with E-state index in [0.717, 1.165) is 13.1 Å². The minimum atomic E-state index is -0.740. The number of furan rings is 1. The molecule has 3 heterocycles. The second kappa shape index (κ2) is 8.89. The average molecular weight is 422 g/mol.